The first-order valence-electron chi connectivity index (χ1n) is 10.3. The molecule has 2 fully saturated rings. The molecule has 0 radical (unpaired) electrons. The molecule has 1 aliphatic carbocycles. The zero-order chi connectivity index (χ0) is 19.5. The largest absolute Gasteiger partial charge is 0.337 e. The molecule has 0 unspecified atom stereocenters. The second-order valence-corrected chi connectivity index (χ2v) is 9.05. The Bertz CT molecular complexity index is 801. The number of nitrogens with zero attached hydrogens (tertiary/aromatic N) is 2. The fraction of sp³-hybridized carbons (Fsp3) is 0.478. The monoisotopic (exact) mass is 396 g/mol. The number of thiophene rings is 1. The highest BCUT2D eigenvalue weighted by Crippen LogP contribution is 2.36. The summed E-state index contributed by atoms with van der Waals surface area (Å²) in [6.45, 7) is 4.14. The van der Waals surface area contributed by atoms with Crippen molar-refractivity contribution < 1.29 is 9.59 Å². The van der Waals surface area contributed by atoms with Crippen molar-refractivity contribution in [2.24, 2.45) is 11.8 Å². The van der Waals surface area contributed by atoms with E-state index in [-0.39, 0.29) is 23.8 Å². The second kappa shape index (κ2) is 8.48. The van der Waals surface area contributed by atoms with Crippen LogP contribution in [0.1, 0.15) is 47.8 Å². The molecule has 1 aliphatic heterocycles. The summed E-state index contributed by atoms with van der Waals surface area (Å²) in [5.74, 6) is 0.812. The van der Waals surface area contributed by atoms with Crippen LogP contribution in [0.5, 0.6) is 0 Å². The van der Waals surface area contributed by atoms with E-state index in [0.29, 0.717) is 19.0 Å². The number of benzene rings is 1. The molecule has 148 valence electrons. The Kier molecular flexibility index (Phi) is 5.81. The van der Waals surface area contributed by atoms with Gasteiger partial charge in [0.1, 0.15) is 0 Å². The summed E-state index contributed by atoms with van der Waals surface area (Å²) in [5.41, 5.74) is 1.17. The summed E-state index contributed by atoms with van der Waals surface area (Å²) in [7, 11) is 0. The third kappa shape index (κ3) is 4.30. The standard InChI is InChI=1S/C23H28N2O2S/c1-17(19-11-12-19)25(15-18-7-3-2-4-8-18)22(26)20-9-5-13-24(16-20)23(27)21-10-6-14-28-21/h2-4,6-8,10,14,17,19-20H,5,9,11-13,15-16H2,1H3/t17-,20-/m0/s1. The normalized spacial score (nSPS) is 20.6. The van der Waals surface area contributed by atoms with Gasteiger partial charge in [-0.1, -0.05) is 36.4 Å². The average Bonchev–Trinajstić information content (AvgIpc) is 3.45. The lowest BCUT2D eigenvalue weighted by Gasteiger charge is -2.37. The second-order valence-electron chi connectivity index (χ2n) is 8.10. The maximum absolute atomic E-state index is 13.5. The molecule has 28 heavy (non-hydrogen) atoms. The minimum absolute atomic E-state index is 0.0670. The molecule has 1 aromatic carbocycles. The molecular formula is C23H28N2O2S. The third-order valence-electron chi connectivity index (χ3n) is 6.06. The number of hydrogen-bond donors (Lipinski definition) is 0. The molecule has 2 aliphatic rings. The molecule has 4 nitrogen and oxygen atoms in total. The Hall–Kier alpha value is -2.14. The maximum Gasteiger partial charge on any atom is 0.263 e. The highest BCUT2D eigenvalue weighted by atomic mass is 32.1. The van der Waals surface area contributed by atoms with Crippen molar-refractivity contribution >= 4 is 23.2 Å². The van der Waals surface area contributed by atoms with Gasteiger partial charge in [0, 0.05) is 25.7 Å². The van der Waals surface area contributed by atoms with Crippen molar-refractivity contribution in [2.75, 3.05) is 13.1 Å². The minimum atomic E-state index is -0.0948. The summed E-state index contributed by atoms with van der Waals surface area (Å²) >= 11 is 1.47. The van der Waals surface area contributed by atoms with Crippen molar-refractivity contribution in [2.45, 2.75) is 45.2 Å². The van der Waals surface area contributed by atoms with Gasteiger partial charge >= 0.3 is 0 Å². The number of carbonyl (C=O) groups is 2. The molecule has 2 atom stereocenters. The SMILES string of the molecule is C[C@@H](C1CC1)N(Cc1ccccc1)C(=O)[C@H]1CCCN(C(=O)c2cccs2)C1. The van der Waals surface area contributed by atoms with Gasteiger partial charge in [-0.05, 0) is 55.5 Å². The molecule has 2 heterocycles. The van der Waals surface area contributed by atoms with Gasteiger partial charge in [-0.15, -0.1) is 11.3 Å². The predicted octanol–water partition coefficient (Wildman–Crippen LogP) is 4.43. The molecule has 1 aromatic heterocycles. The van der Waals surface area contributed by atoms with E-state index in [2.05, 4.69) is 24.0 Å². The van der Waals surface area contributed by atoms with Crippen LogP contribution < -0.4 is 0 Å². The number of hydrogen-bond acceptors (Lipinski definition) is 3. The summed E-state index contributed by atoms with van der Waals surface area (Å²) in [5, 5.41) is 1.93. The molecule has 0 N–H and O–H groups in total. The van der Waals surface area contributed by atoms with Crippen LogP contribution in [-0.2, 0) is 11.3 Å². The van der Waals surface area contributed by atoms with Gasteiger partial charge in [0.2, 0.25) is 5.91 Å². The highest BCUT2D eigenvalue weighted by molar-refractivity contribution is 7.12. The zero-order valence-electron chi connectivity index (χ0n) is 16.4. The van der Waals surface area contributed by atoms with Crippen molar-refractivity contribution in [3.63, 3.8) is 0 Å². The van der Waals surface area contributed by atoms with E-state index in [1.807, 2.05) is 40.6 Å². The Labute approximate surface area is 171 Å². The lowest BCUT2D eigenvalue weighted by molar-refractivity contribution is -0.140. The third-order valence-corrected chi connectivity index (χ3v) is 6.92. The van der Waals surface area contributed by atoms with Crippen molar-refractivity contribution in [1.82, 2.24) is 9.80 Å². The Morgan fingerprint density at radius 3 is 2.61 bits per heavy atom. The Morgan fingerprint density at radius 1 is 1.14 bits per heavy atom. The molecule has 2 amide bonds. The highest BCUT2D eigenvalue weighted by Gasteiger charge is 2.38. The number of piperidine rings is 1. The van der Waals surface area contributed by atoms with E-state index < -0.39 is 0 Å². The van der Waals surface area contributed by atoms with E-state index >= 15 is 0 Å². The molecule has 2 aromatic rings. The number of amides is 2. The van der Waals surface area contributed by atoms with Crippen LogP contribution in [0, 0.1) is 11.8 Å². The summed E-state index contributed by atoms with van der Waals surface area (Å²) < 4.78 is 0. The van der Waals surface area contributed by atoms with Gasteiger partial charge in [0.15, 0.2) is 0 Å². The van der Waals surface area contributed by atoms with E-state index in [1.165, 1.54) is 29.7 Å². The molecule has 1 saturated heterocycles. The van der Waals surface area contributed by atoms with Gasteiger partial charge < -0.3 is 9.80 Å². The molecule has 5 heteroatoms. The first-order valence-corrected chi connectivity index (χ1v) is 11.2. The number of likely N-dealkylation sites (tertiary alicyclic amines) is 1. The summed E-state index contributed by atoms with van der Waals surface area (Å²) in [6.07, 6.45) is 4.20. The number of carbonyl (C=O) groups excluding carboxylic acids is 2. The summed E-state index contributed by atoms with van der Waals surface area (Å²) in [6, 6.07) is 14.3. The molecule has 0 spiro atoms. The topological polar surface area (TPSA) is 40.6 Å². The van der Waals surface area contributed by atoms with Crippen LogP contribution in [0.25, 0.3) is 0 Å². The lowest BCUT2D eigenvalue weighted by Crippen LogP contribution is -2.49. The zero-order valence-corrected chi connectivity index (χ0v) is 17.2. The predicted molar refractivity (Wildman–Crippen MR) is 112 cm³/mol. The van der Waals surface area contributed by atoms with Crippen LogP contribution in [0.2, 0.25) is 0 Å². The van der Waals surface area contributed by atoms with Gasteiger partial charge in [0.25, 0.3) is 5.91 Å². The Morgan fingerprint density at radius 2 is 1.93 bits per heavy atom. The smallest absolute Gasteiger partial charge is 0.263 e. The minimum Gasteiger partial charge on any atom is -0.337 e. The van der Waals surface area contributed by atoms with Crippen molar-refractivity contribution in [3.05, 3.63) is 58.3 Å². The Balaban J connectivity index is 1.48. The molecular weight excluding hydrogens is 368 g/mol. The van der Waals surface area contributed by atoms with Crippen LogP contribution in [-0.4, -0.2) is 40.7 Å². The van der Waals surface area contributed by atoms with Gasteiger partial charge in [0.05, 0.1) is 10.8 Å². The first kappa shape index (κ1) is 19.2. The lowest BCUT2D eigenvalue weighted by atomic mass is 9.95. The van der Waals surface area contributed by atoms with Crippen LogP contribution in [0.15, 0.2) is 47.8 Å². The quantitative estimate of drug-likeness (QED) is 0.725. The van der Waals surface area contributed by atoms with E-state index in [4.69, 9.17) is 0 Å². The fourth-order valence-electron chi connectivity index (χ4n) is 4.19. The van der Waals surface area contributed by atoms with Crippen LogP contribution in [0.4, 0.5) is 0 Å². The van der Waals surface area contributed by atoms with E-state index in [0.717, 1.165) is 24.3 Å². The molecule has 4 rings (SSSR count). The maximum atomic E-state index is 13.5. The van der Waals surface area contributed by atoms with E-state index in [9.17, 15) is 9.59 Å². The number of rotatable bonds is 6. The molecule has 0 bridgehead atoms. The van der Waals surface area contributed by atoms with Crippen LogP contribution >= 0.6 is 11.3 Å². The first-order chi connectivity index (χ1) is 13.6. The fourth-order valence-corrected chi connectivity index (χ4v) is 4.88. The van der Waals surface area contributed by atoms with Gasteiger partial charge in [-0.3, -0.25) is 9.59 Å². The van der Waals surface area contributed by atoms with Crippen molar-refractivity contribution in [1.29, 1.82) is 0 Å². The van der Waals surface area contributed by atoms with E-state index in [1.54, 1.807) is 0 Å². The van der Waals surface area contributed by atoms with Gasteiger partial charge in [-0.25, -0.2) is 0 Å². The van der Waals surface area contributed by atoms with Crippen molar-refractivity contribution in [3.8, 4) is 0 Å². The molecule has 1 saturated carbocycles. The summed E-state index contributed by atoms with van der Waals surface area (Å²) in [4.78, 5) is 31.0. The average molecular weight is 397 g/mol. The van der Waals surface area contributed by atoms with Crippen LogP contribution in [0.3, 0.4) is 0 Å². The van der Waals surface area contributed by atoms with Gasteiger partial charge in [-0.2, -0.15) is 0 Å².